The number of phenols is 1. The lowest BCUT2D eigenvalue weighted by atomic mass is 9.86. The Morgan fingerprint density at radius 3 is 2.91 bits per heavy atom. The lowest BCUT2D eigenvalue weighted by molar-refractivity contribution is 0.181. The van der Waals surface area contributed by atoms with Crippen molar-refractivity contribution < 1.29 is 5.11 Å². The number of hydrogen-bond donors (Lipinski definition) is 1. The van der Waals surface area contributed by atoms with Gasteiger partial charge in [-0.25, -0.2) is 0 Å². The Morgan fingerprint density at radius 1 is 1.23 bits per heavy atom. The molecule has 118 valence electrons. The van der Waals surface area contributed by atoms with E-state index in [1.165, 1.54) is 28.8 Å². The van der Waals surface area contributed by atoms with Crippen LogP contribution in [0.1, 0.15) is 35.8 Å². The van der Waals surface area contributed by atoms with E-state index in [2.05, 4.69) is 35.4 Å². The second-order valence-electron chi connectivity index (χ2n) is 6.18. The summed E-state index contributed by atoms with van der Waals surface area (Å²) in [6.07, 6.45) is 5.62. The predicted molar refractivity (Wildman–Crippen MR) is 93.8 cm³/mol. The van der Waals surface area contributed by atoms with Gasteiger partial charge >= 0.3 is 0 Å². The number of benzene rings is 1. The molecule has 3 rings (SSSR count). The van der Waals surface area contributed by atoms with Crippen molar-refractivity contribution >= 4 is 11.3 Å². The Balaban J connectivity index is 1.68. The van der Waals surface area contributed by atoms with E-state index in [9.17, 15) is 5.11 Å². The molecule has 1 N–H and O–H groups in total. The highest BCUT2D eigenvalue weighted by Crippen LogP contribution is 2.31. The molecule has 0 amide bonds. The summed E-state index contributed by atoms with van der Waals surface area (Å²) in [7, 11) is 0. The molecule has 0 bridgehead atoms. The van der Waals surface area contributed by atoms with Gasteiger partial charge in [0.1, 0.15) is 5.75 Å². The number of hydrogen-bond acceptors (Lipinski definition) is 3. The first kappa shape index (κ1) is 15.6. The third-order valence-electron chi connectivity index (χ3n) is 4.69. The summed E-state index contributed by atoms with van der Waals surface area (Å²) < 4.78 is 0. The Hall–Kier alpha value is -1.32. The number of aryl methyl sites for hydroxylation is 1. The van der Waals surface area contributed by atoms with Gasteiger partial charge in [0.2, 0.25) is 0 Å². The number of aromatic hydroxyl groups is 1. The lowest BCUT2D eigenvalue weighted by Gasteiger charge is -2.35. The summed E-state index contributed by atoms with van der Waals surface area (Å²) >= 11 is 1.85. The van der Waals surface area contributed by atoms with E-state index in [-0.39, 0.29) is 0 Å². The van der Waals surface area contributed by atoms with E-state index in [4.69, 9.17) is 0 Å². The van der Waals surface area contributed by atoms with Crippen molar-refractivity contribution in [3.63, 3.8) is 0 Å². The van der Waals surface area contributed by atoms with Crippen molar-refractivity contribution in [1.29, 1.82) is 0 Å². The van der Waals surface area contributed by atoms with Gasteiger partial charge in [-0.3, -0.25) is 4.90 Å². The Labute approximate surface area is 137 Å². The van der Waals surface area contributed by atoms with Gasteiger partial charge in [0.05, 0.1) is 0 Å². The van der Waals surface area contributed by atoms with Gasteiger partial charge in [-0.2, -0.15) is 0 Å². The molecule has 0 aliphatic heterocycles. The average Bonchev–Trinajstić information content (AvgIpc) is 3.05. The minimum absolute atomic E-state index is 0.483. The van der Waals surface area contributed by atoms with E-state index in [0.29, 0.717) is 11.8 Å². The van der Waals surface area contributed by atoms with Crippen LogP contribution in [0.15, 0.2) is 35.7 Å². The van der Waals surface area contributed by atoms with E-state index in [1.54, 1.807) is 0 Å². The summed E-state index contributed by atoms with van der Waals surface area (Å²) in [6.45, 7) is 4.54. The first-order valence-corrected chi connectivity index (χ1v) is 9.22. The maximum atomic E-state index is 10.1. The fourth-order valence-electron chi connectivity index (χ4n) is 3.54. The van der Waals surface area contributed by atoms with Crippen LogP contribution >= 0.6 is 11.3 Å². The number of phenolic OH excluding ortho intramolecular Hbond substituents is 1. The van der Waals surface area contributed by atoms with Crippen molar-refractivity contribution in [1.82, 2.24) is 4.90 Å². The molecule has 1 aromatic heterocycles. The number of nitrogens with zero attached hydrogens (tertiary/aromatic N) is 1. The predicted octanol–water partition coefficient (Wildman–Crippen LogP) is 4.27. The average molecular weight is 315 g/mol. The minimum Gasteiger partial charge on any atom is -0.508 e. The molecule has 1 aliphatic carbocycles. The second kappa shape index (κ2) is 7.30. The van der Waals surface area contributed by atoms with Gasteiger partial charge in [0, 0.05) is 17.5 Å². The molecule has 3 heteroatoms. The molecular formula is C19H25NOS. The molecule has 22 heavy (non-hydrogen) atoms. The molecule has 2 aromatic rings. The van der Waals surface area contributed by atoms with Gasteiger partial charge in [-0.15, -0.1) is 11.3 Å². The zero-order chi connectivity index (χ0) is 15.4. The van der Waals surface area contributed by atoms with E-state index >= 15 is 0 Å². The molecular weight excluding hydrogens is 290 g/mol. The topological polar surface area (TPSA) is 23.5 Å². The second-order valence-corrected chi connectivity index (χ2v) is 7.21. The van der Waals surface area contributed by atoms with Crippen molar-refractivity contribution in [2.75, 3.05) is 13.1 Å². The summed E-state index contributed by atoms with van der Waals surface area (Å²) in [5.74, 6) is 0.483. The van der Waals surface area contributed by atoms with Crippen molar-refractivity contribution in [2.24, 2.45) is 0 Å². The lowest BCUT2D eigenvalue weighted by Crippen LogP contribution is -2.41. The molecule has 1 aliphatic rings. The van der Waals surface area contributed by atoms with Crippen LogP contribution in [-0.2, 0) is 19.3 Å². The van der Waals surface area contributed by atoms with Crippen LogP contribution in [0.3, 0.4) is 0 Å². The largest absolute Gasteiger partial charge is 0.508 e. The quantitative estimate of drug-likeness (QED) is 0.860. The van der Waals surface area contributed by atoms with E-state index in [1.807, 2.05) is 23.5 Å². The molecule has 1 atom stereocenters. The van der Waals surface area contributed by atoms with Crippen LogP contribution in [0, 0.1) is 0 Å². The SMILES string of the molecule is CCCN(CCc1cccs1)C1CCc2cccc(O)c2C1. The molecule has 2 nitrogen and oxygen atoms in total. The van der Waals surface area contributed by atoms with Gasteiger partial charge in [-0.1, -0.05) is 25.1 Å². The number of fused-ring (bicyclic) bond motifs is 1. The van der Waals surface area contributed by atoms with Crippen LogP contribution in [0.5, 0.6) is 5.75 Å². The fourth-order valence-corrected chi connectivity index (χ4v) is 4.23. The van der Waals surface area contributed by atoms with Crippen LogP contribution in [0.4, 0.5) is 0 Å². The smallest absolute Gasteiger partial charge is 0.119 e. The third-order valence-corrected chi connectivity index (χ3v) is 5.62. The summed E-state index contributed by atoms with van der Waals surface area (Å²) in [5, 5.41) is 12.3. The van der Waals surface area contributed by atoms with Crippen molar-refractivity contribution in [2.45, 2.75) is 45.1 Å². The maximum Gasteiger partial charge on any atom is 0.119 e. The Bertz CT molecular complexity index is 593. The highest BCUT2D eigenvalue weighted by atomic mass is 32.1. The van der Waals surface area contributed by atoms with Crippen molar-refractivity contribution in [3.8, 4) is 5.75 Å². The standard InChI is InChI=1S/C19H25NOS/c1-2-11-20(12-10-17-6-4-13-22-17)16-9-8-15-5-3-7-19(21)18(15)14-16/h3-7,13,16,21H,2,8-12,14H2,1H3. The summed E-state index contributed by atoms with van der Waals surface area (Å²) in [6, 6.07) is 10.9. The van der Waals surface area contributed by atoms with Crippen molar-refractivity contribution in [3.05, 3.63) is 51.7 Å². The fraction of sp³-hybridized carbons (Fsp3) is 0.474. The zero-order valence-corrected chi connectivity index (χ0v) is 14.1. The van der Waals surface area contributed by atoms with Gasteiger partial charge < -0.3 is 5.11 Å². The summed E-state index contributed by atoms with van der Waals surface area (Å²) in [5.41, 5.74) is 2.52. The number of thiophene rings is 1. The zero-order valence-electron chi connectivity index (χ0n) is 13.3. The molecule has 0 saturated carbocycles. The number of rotatable bonds is 6. The van der Waals surface area contributed by atoms with Crippen LogP contribution in [0.25, 0.3) is 0 Å². The molecule has 0 radical (unpaired) electrons. The molecule has 1 heterocycles. The first-order chi connectivity index (χ1) is 10.8. The Morgan fingerprint density at radius 2 is 2.14 bits per heavy atom. The van der Waals surface area contributed by atoms with Crippen LogP contribution in [-0.4, -0.2) is 29.1 Å². The normalized spacial score (nSPS) is 17.6. The molecule has 1 aromatic carbocycles. The molecule has 0 saturated heterocycles. The van der Waals surface area contributed by atoms with Gasteiger partial charge in [-0.05, 0) is 67.3 Å². The highest BCUT2D eigenvalue weighted by Gasteiger charge is 2.25. The van der Waals surface area contributed by atoms with E-state index in [0.717, 1.165) is 32.4 Å². The summed E-state index contributed by atoms with van der Waals surface area (Å²) in [4.78, 5) is 4.11. The maximum absolute atomic E-state index is 10.1. The van der Waals surface area contributed by atoms with Gasteiger partial charge in [0.25, 0.3) is 0 Å². The molecule has 0 spiro atoms. The first-order valence-electron chi connectivity index (χ1n) is 8.34. The van der Waals surface area contributed by atoms with E-state index < -0.39 is 0 Å². The minimum atomic E-state index is 0.483. The monoisotopic (exact) mass is 315 g/mol. The Kier molecular flexibility index (Phi) is 5.16. The highest BCUT2D eigenvalue weighted by molar-refractivity contribution is 7.09. The third kappa shape index (κ3) is 3.53. The van der Waals surface area contributed by atoms with Crippen LogP contribution in [0.2, 0.25) is 0 Å². The van der Waals surface area contributed by atoms with Crippen LogP contribution < -0.4 is 0 Å². The molecule has 0 fully saturated rings. The van der Waals surface area contributed by atoms with Gasteiger partial charge in [0.15, 0.2) is 0 Å². The molecule has 1 unspecified atom stereocenters.